The number of aromatic carboxylic acids is 1. The molecule has 1 saturated heterocycles. The summed E-state index contributed by atoms with van der Waals surface area (Å²) in [5.41, 5.74) is 1.33. The average Bonchev–Trinajstić information content (AvgIpc) is 2.77. The first-order valence-corrected chi connectivity index (χ1v) is 6.40. The van der Waals surface area contributed by atoms with Crippen molar-refractivity contribution in [1.29, 1.82) is 0 Å². The Hall–Kier alpha value is -2.04. The normalized spacial score (nSPS) is 18.4. The Labute approximate surface area is 112 Å². The third-order valence-corrected chi connectivity index (χ3v) is 3.46. The second-order valence-electron chi connectivity index (χ2n) is 4.97. The van der Waals surface area contributed by atoms with Gasteiger partial charge in [-0.3, -0.25) is 0 Å². The van der Waals surface area contributed by atoms with E-state index >= 15 is 0 Å². The number of carboxylic acids is 1. The van der Waals surface area contributed by atoms with E-state index in [1.54, 1.807) is 23.1 Å². The van der Waals surface area contributed by atoms with Crippen molar-refractivity contribution in [1.82, 2.24) is 4.90 Å². The first-order chi connectivity index (χ1) is 8.99. The highest BCUT2D eigenvalue weighted by molar-refractivity contribution is 6.00. The number of aryl methyl sites for hydroxylation is 1. The minimum absolute atomic E-state index is 0.125. The molecule has 1 atom stereocenters. The van der Waals surface area contributed by atoms with Crippen molar-refractivity contribution >= 4 is 17.7 Å². The van der Waals surface area contributed by atoms with Crippen LogP contribution in [-0.4, -0.2) is 34.6 Å². The standard InChI is InChI=1S/C14H18N2O3/c1-9-5-6-12(11(8-9)13(17)18)15-14(19)16-7-3-4-10(16)2/h5-6,8,10H,3-4,7H2,1-2H3,(H,15,19)(H,17,18). The van der Waals surface area contributed by atoms with Crippen LogP contribution in [0.4, 0.5) is 10.5 Å². The molecule has 1 aliphatic heterocycles. The number of urea groups is 1. The number of hydrogen-bond donors (Lipinski definition) is 2. The Morgan fingerprint density at radius 2 is 2.16 bits per heavy atom. The summed E-state index contributed by atoms with van der Waals surface area (Å²) in [4.78, 5) is 25.0. The van der Waals surface area contributed by atoms with Gasteiger partial charge in [0.15, 0.2) is 0 Å². The summed E-state index contributed by atoms with van der Waals surface area (Å²) in [5.74, 6) is -1.03. The molecule has 1 aromatic rings. The van der Waals surface area contributed by atoms with Gasteiger partial charge in [0.05, 0.1) is 11.3 Å². The van der Waals surface area contributed by atoms with Crippen LogP contribution in [0.2, 0.25) is 0 Å². The molecular formula is C14H18N2O3. The highest BCUT2D eigenvalue weighted by Gasteiger charge is 2.25. The molecular weight excluding hydrogens is 244 g/mol. The number of hydrogen-bond acceptors (Lipinski definition) is 2. The summed E-state index contributed by atoms with van der Waals surface area (Å²) >= 11 is 0. The minimum Gasteiger partial charge on any atom is -0.478 e. The highest BCUT2D eigenvalue weighted by Crippen LogP contribution is 2.21. The lowest BCUT2D eigenvalue weighted by atomic mass is 10.1. The number of nitrogens with one attached hydrogen (secondary N) is 1. The van der Waals surface area contributed by atoms with E-state index in [-0.39, 0.29) is 17.6 Å². The molecule has 1 aliphatic rings. The van der Waals surface area contributed by atoms with Gasteiger partial charge in [0.2, 0.25) is 0 Å². The lowest BCUT2D eigenvalue weighted by molar-refractivity contribution is 0.0698. The van der Waals surface area contributed by atoms with Crippen molar-refractivity contribution in [2.45, 2.75) is 32.7 Å². The number of nitrogens with zero attached hydrogens (tertiary/aromatic N) is 1. The Balaban J connectivity index is 2.19. The van der Waals surface area contributed by atoms with Gasteiger partial charge in [0.25, 0.3) is 0 Å². The molecule has 2 N–H and O–H groups in total. The van der Waals surface area contributed by atoms with E-state index in [0.29, 0.717) is 5.69 Å². The summed E-state index contributed by atoms with van der Waals surface area (Å²) in [6.45, 7) is 4.54. The van der Waals surface area contributed by atoms with E-state index in [9.17, 15) is 9.59 Å². The van der Waals surface area contributed by atoms with Crippen molar-refractivity contribution in [2.24, 2.45) is 0 Å². The number of amides is 2. The summed E-state index contributed by atoms with van der Waals surface area (Å²) < 4.78 is 0. The summed E-state index contributed by atoms with van der Waals surface area (Å²) in [6.07, 6.45) is 1.99. The fourth-order valence-corrected chi connectivity index (χ4v) is 2.37. The monoisotopic (exact) mass is 262 g/mol. The zero-order chi connectivity index (χ0) is 14.0. The Bertz CT molecular complexity index is 513. The number of benzene rings is 1. The predicted molar refractivity (Wildman–Crippen MR) is 72.6 cm³/mol. The Morgan fingerprint density at radius 1 is 1.42 bits per heavy atom. The van der Waals surface area contributed by atoms with Crippen molar-refractivity contribution in [2.75, 3.05) is 11.9 Å². The van der Waals surface area contributed by atoms with Crippen molar-refractivity contribution in [3.05, 3.63) is 29.3 Å². The van der Waals surface area contributed by atoms with Gasteiger partial charge in [-0.1, -0.05) is 11.6 Å². The van der Waals surface area contributed by atoms with Gasteiger partial charge < -0.3 is 15.3 Å². The fourth-order valence-electron chi connectivity index (χ4n) is 2.37. The van der Waals surface area contributed by atoms with Crippen molar-refractivity contribution in [3.63, 3.8) is 0 Å². The second-order valence-corrected chi connectivity index (χ2v) is 4.97. The van der Waals surface area contributed by atoms with Crippen LogP contribution in [0.1, 0.15) is 35.7 Å². The molecule has 5 nitrogen and oxygen atoms in total. The molecule has 1 aromatic carbocycles. The number of carbonyl (C=O) groups is 2. The van der Waals surface area contributed by atoms with Gasteiger partial charge in [-0.05, 0) is 38.8 Å². The molecule has 19 heavy (non-hydrogen) atoms. The van der Waals surface area contributed by atoms with Crippen LogP contribution in [0, 0.1) is 6.92 Å². The lowest BCUT2D eigenvalue weighted by Crippen LogP contribution is -2.37. The van der Waals surface area contributed by atoms with E-state index in [1.807, 2.05) is 13.8 Å². The number of rotatable bonds is 2. The van der Waals surface area contributed by atoms with Crippen LogP contribution in [0.15, 0.2) is 18.2 Å². The van der Waals surface area contributed by atoms with Gasteiger partial charge in [-0.15, -0.1) is 0 Å². The first kappa shape index (κ1) is 13.4. The van der Waals surface area contributed by atoms with E-state index in [4.69, 9.17) is 5.11 Å². The van der Waals surface area contributed by atoms with E-state index in [1.165, 1.54) is 0 Å². The maximum absolute atomic E-state index is 12.1. The van der Waals surface area contributed by atoms with Crippen LogP contribution < -0.4 is 5.32 Å². The zero-order valence-corrected chi connectivity index (χ0v) is 11.1. The molecule has 0 spiro atoms. The largest absolute Gasteiger partial charge is 0.478 e. The summed E-state index contributed by atoms with van der Waals surface area (Å²) in [6, 6.07) is 4.97. The molecule has 1 heterocycles. The smallest absolute Gasteiger partial charge is 0.337 e. The van der Waals surface area contributed by atoms with Gasteiger partial charge in [0.1, 0.15) is 0 Å². The Kier molecular flexibility index (Phi) is 3.74. The van der Waals surface area contributed by atoms with Crippen LogP contribution in [0.25, 0.3) is 0 Å². The Morgan fingerprint density at radius 3 is 2.74 bits per heavy atom. The van der Waals surface area contributed by atoms with Crippen LogP contribution >= 0.6 is 0 Å². The SMILES string of the molecule is Cc1ccc(NC(=O)N2CCCC2C)c(C(=O)O)c1. The molecule has 0 aromatic heterocycles. The lowest BCUT2D eigenvalue weighted by Gasteiger charge is -2.22. The molecule has 0 radical (unpaired) electrons. The van der Waals surface area contributed by atoms with Crippen molar-refractivity contribution in [3.8, 4) is 0 Å². The summed E-state index contributed by atoms with van der Waals surface area (Å²) in [5, 5.41) is 11.9. The molecule has 1 fully saturated rings. The maximum Gasteiger partial charge on any atom is 0.337 e. The third kappa shape index (κ3) is 2.86. The topological polar surface area (TPSA) is 69.6 Å². The van der Waals surface area contributed by atoms with E-state index < -0.39 is 5.97 Å². The number of carbonyl (C=O) groups excluding carboxylic acids is 1. The molecule has 2 amide bonds. The predicted octanol–water partition coefficient (Wildman–Crippen LogP) is 2.71. The first-order valence-electron chi connectivity index (χ1n) is 6.40. The average molecular weight is 262 g/mol. The fraction of sp³-hybridized carbons (Fsp3) is 0.429. The maximum atomic E-state index is 12.1. The number of carboxylic acid groups (broad SMARTS) is 1. The van der Waals surface area contributed by atoms with E-state index in [2.05, 4.69) is 5.32 Å². The molecule has 1 unspecified atom stereocenters. The highest BCUT2D eigenvalue weighted by atomic mass is 16.4. The molecule has 0 aliphatic carbocycles. The van der Waals surface area contributed by atoms with Gasteiger partial charge in [0, 0.05) is 12.6 Å². The molecule has 102 valence electrons. The van der Waals surface area contributed by atoms with Crippen LogP contribution in [-0.2, 0) is 0 Å². The molecule has 0 bridgehead atoms. The van der Waals surface area contributed by atoms with Gasteiger partial charge in [-0.2, -0.15) is 0 Å². The number of likely N-dealkylation sites (tertiary alicyclic amines) is 1. The van der Waals surface area contributed by atoms with Gasteiger partial charge >= 0.3 is 12.0 Å². The number of anilines is 1. The van der Waals surface area contributed by atoms with Crippen LogP contribution in [0.3, 0.4) is 0 Å². The van der Waals surface area contributed by atoms with Crippen LogP contribution in [0.5, 0.6) is 0 Å². The molecule has 0 saturated carbocycles. The molecule has 5 heteroatoms. The molecule has 2 rings (SSSR count). The summed E-state index contributed by atoms with van der Waals surface area (Å²) in [7, 11) is 0. The van der Waals surface area contributed by atoms with E-state index in [0.717, 1.165) is 24.9 Å². The zero-order valence-electron chi connectivity index (χ0n) is 11.1. The minimum atomic E-state index is -1.03. The second kappa shape index (κ2) is 5.30. The quantitative estimate of drug-likeness (QED) is 0.861. The van der Waals surface area contributed by atoms with Gasteiger partial charge in [-0.25, -0.2) is 9.59 Å². The van der Waals surface area contributed by atoms with Crippen molar-refractivity contribution < 1.29 is 14.7 Å². The third-order valence-electron chi connectivity index (χ3n) is 3.46.